The molecule has 3 rings (SSSR count). The predicted molar refractivity (Wildman–Crippen MR) is 95.3 cm³/mol. The van der Waals surface area contributed by atoms with Crippen molar-refractivity contribution < 1.29 is 14.3 Å². The van der Waals surface area contributed by atoms with E-state index in [2.05, 4.69) is 15.6 Å². The zero-order valence-corrected chi connectivity index (χ0v) is 14.1. The lowest BCUT2D eigenvalue weighted by molar-refractivity contribution is 0.0857. The summed E-state index contributed by atoms with van der Waals surface area (Å²) >= 11 is 0. The maximum Gasteiger partial charge on any atom is 0.253 e. The van der Waals surface area contributed by atoms with Crippen LogP contribution in [-0.4, -0.2) is 35.9 Å². The molecule has 6 heteroatoms. The zero-order valence-electron chi connectivity index (χ0n) is 14.1. The Labute approximate surface area is 146 Å². The van der Waals surface area contributed by atoms with E-state index in [0.29, 0.717) is 23.4 Å². The first-order valence-electron chi connectivity index (χ1n) is 8.35. The summed E-state index contributed by atoms with van der Waals surface area (Å²) in [5.74, 6) is -0.173. The number of hydrogen-bond acceptors (Lipinski definition) is 5. The molecule has 1 amide bonds. The highest BCUT2D eigenvalue weighted by atomic mass is 16.5. The fraction of sp³-hybridized carbons (Fsp3) is 0.316. The molecule has 1 aromatic heterocycles. The van der Waals surface area contributed by atoms with Gasteiger partial charge in [0, 0.05) is 30.6 Å². The van der Waals surface area contributed by atoms with E-state index in [1.54, 1.807) is 24.4 Å². The summed E-state index contributed by atoms with van der Waals surface area (Å²) in [6, 6.07) is 8.94. The number of pyridine rings is 1. The molecule has 1 saturated heterocycles. The second kappa shape index (κ2) is 7.90. The molecule has 25 heavy (non-hydrogen) atoms. The van der Waals surface area contributed by atoms with E-state index >= 15 is 0 Å². The third kappa shape index (κ3) is 4.64. The average Bonchev–Trinajstić information content (AvgIpc) is 3.13. The third-order valence-electron chi connectivity index (χ3n) is 4.07. The van der Waals surface area contributed by atoms with Gasteiger partial charge in [-0.3, -0.25) is 14.6 Å². The number of ether oxygens (including phenoxy) is 1. The number of amides is 1. The molecule has 1 aromatic carbocycles. The van der Waals surface area contributed by atoms with Gasteiger partial charge in [0.05, 0.1) is 23.6 Å². The van der Waals surface area contributed by atoms with Gasteiger partial charge in [0.25, 0.3) is 5.91 Å². The summed E-state index contributed by atoms with van der Waals surface area (Å²) in [6.07, 6.45) is 5.29. The van der Waals surface area contributed by atoms with Gasteiger partial charge in [-0.1, -0.05) is 12.1 Å². The summed E-state index contributed by atoms with van der Waals surface area (Å²) in [5.41, 5.74) is 2.56. The van der Waals surface area contributed by atoms with Crippen LogP contribution >= 0.6 is 0 Å². The standard InChI is InChI=1S/C19H21N3O3/c1-13(23)14-4-2-5-16(8-14)22-17-9-15(10-20-11-17)19(24)21-12-18-6-3-7-25-18/h2,4-5,8-11,18,22H,3,6-7,12H2,1H3,(H,21,24). The molecule has 0 radical (unpaired) electrons. The van der Waals surface area contributed by atoms with Crippen LogP contribution in [0.5, 0.6) is 0 Å². The molecule has 0 aliphatic carbocycles. The van der Waals surface area contributed by atoms with Crippen molar-refractivity contribution in [2.75, 3.05) is 18.5 Å². The Bertz CT molecular complexity index is 770. The molecular weight excluding hydrogens is 318 g/mol. The Kier molecular flexibility index (Phi) is 5.40. The van der Waals surface area contributed by atoms with Gasteiger partial charge in [-0.2, -0.15) is 0 Å². The number of benzene rings is 1. The van der Waals surface area contributed by atoms with Crippen LogP contribution in [0.15, 0.2) is 42.7 Å². The van der Waals surface area contributed by atoms with Gasteiger partial charge in [0.2, 0.25) is 0 Å². The van der Waals surface area contributed by atoms with E-state index in [4.69, 9.17) is 4.74 Å². The first-order valence-corrected chi connectivity index (χ1v) is 8.35. The Balaban J connectivity index is 1.65. The number of Topliss-reactive ketones (excluding diaryl/α,β-unsaturated/α-hetero) is 1. The number of aromatic nitrogens is 1. The minimum Gasteiger partial charge on any atom is -0.376 e. The van der Waals surface area contributed by atoms with Crippen LogP contribution in [0.1, 0.15) is 40.5 Å². The van der Waals surface area contributed by atoms with Crippen molar-refractivity contribution in [1.29, 1.82) is 0 Å². The lowest BCUT2D eigenvalue weighted by Gasteiger charge is -2.12. The highest BCUT2D eigenvalue weighted by molar-refractivity contribution is 5.96. The maximum atomic E-state index is 12.3. The van der Waals surface area contributed by atoms with Gasteiger partial charge in [0.15, 0.2) is 5.78 Å². The molecule has 0 spiro atoms. The first kappa shape index (κ1) is 17.1. The van der Waals surface area contributed by atoms with Crippen LogP contribution < -0.4 is 10.6 Å². The fourth-order valence-corrected chi connectivity index (χ4v) is 2.73. The van der Waals surface area contributed by atoms with Gasteiger partial charge in [-0.15, -0.1) is 0 Å². The third-order valence-corrected chi connectivity index (χ3v) is 4.07. The zero-order chi connectivity index (χ0) is 17.6. The minimum atomic E-state index is -0.177. The number of carbonyl (C=O) groups is 2. The average molecular weight is 339 g/mol. The first-order chi connectivity index (χ1) is 12.1. The van der Waals surface area contributed by atoms with E-state index in [-0.39, 0.29) is 17.8 Å². The normalized spacial score (nSPS) is 16.4. The molecule has 2 heterocycles. The second-order valence-corrected chi connectivity index (χ2v) is 6.07. The number of nitrogens with one attached hydrogen (secondary N) is 2. The fourth-order valence-electron chi connectivity index (χ4n) is 2.73. The number of rotatable bonds is 6. The van der Waals surface area contributed by atoms with Crippen LogP contribution in [-0.2, 0) is 4.74 Å². The van der Waals surface area contributed by atoms with Gasteiger partial charge in [0.1, 0.15) is 0 Å². The van der Waals surface area contributed by atoms with Gasteiger partial charge in [-0.05, 0) is 38.0 Å². The molecule has 6 nitrogen and oxygen atoms in total. The van der Waals surface area contributed by atoms with Crippen molar-refractivity contribution in [2.24, 2.45) is 0 Å². The molecular formula is C19H21N3O3. The highest BCUT2D eigenvalue weighted by Gasteiger charge is 2.17. The van der Waals surface area contributed by atoms with Crippen molar-refractivity contribution in [3.63, 3.8) is 0 Å². The van der Waals surface area contributed by atoms with Crippen molar-refractivity contribution in [2.45, 2.75) is 25.9 Å². The summed E-state index contributed by atoms with van der Waals surface area (Å²) in [4.78, 5) is 27.9. The smallest absolute Gasteiger partial charge is 0.253 e. The maximum absolute atomic E-state index is 12.3. The van der Waals surface area contributed by atoms with Crippen molar-refractivity contribution in [3.05, 3.63) is 53.9 Å². The molecule has 130 valence electrons. The lowest BCUT2D eigenvalue weighted by Crippen LogP contribution is -2.31. The van der Waals surface area contributed by atoms with Crippen LogP contribution in [0.25, 0.3) is 0 Å². The topological polar surface area (TPSA) is 80.3 Å². The number of nitrogens with zero attached hydrogens (tertiary/aromatic N) is 1. The molecule has 2 N–H and O–H groups in total. The lowest BCUT2D eigenvalue weighted by atomic mass is 10.1. The number of ketones is 1. The van der Waals surface area contributed by atoms with Gasteiger partial charge >= 0.3 is 0 Å². The van der Waals surface area contributed by atoms with Crippen molar-refractivity contribution in [1.82, 2.24) is 10.3 Å². The molecule has 1 unspecified atom stereocenters. The van der Waals surface area contributed by atoms with E-state index < -0.39 is 0 Å². The minimum absolute atomic E-state index is 0.00374. The van der Waals surface area contributed by atoms with Crippen molar-refractivity contribution >= 4 is 23.1 Å². The Morgan fingerprint density at radius 2 is 2.04 bits per heavy atom. The Morgan fingerprint density at radius 3 is 2.80 bits per heavy atom. The number of hydrogen-bond donors (Lipinski definition) is 2. The Morgan fingerprint density at radius 1 is 1.20 bits per heavy atom. The molecule has 2 aromatic rings. The molecule has 1 aliphatic rings. The van der Waals surface area contributed by atoms with E-state index in [9.17, 15) is 9.59 Å². The van der Waals surface area contributed by atoms with E-state index in [1.165, 1.54) is 13.1 Å². The van der Waals surface area contributed by atoms with Crippen LogP contribution in [0.3, 0.4) is 0 Å². The monoisotopic (exact) mass is 339 g/mol. The summed E-state index contributed by atoms with van der Waals surface area (Å²) < 4.78 is 5.50. The summed E-state index contributed by atoms with van der Waals surface area (Å²) in [7, 11) is 0. The number of anilines is 2. The van der Waals surface area contributed by atoms with Crippen LogP contribution in [0.2, 0.25) is 0 Å². The summed E-state index contributed by atoms with van der Waals surface area (Å²) in [6.45, 7) is 2.80. The van der Waals surface area contributed by atoms with Gasteiger partial charge < -0.3 is 15.4 Å². The SMILES string of the molecule is CC(=O)c1cccc(Nc2cncc(C(=O)NCC3CCCO3)c2)c1. The second-order valence-electron chi connectivity index (χ2n) is 6.07. The highest BCUT2D eigenvalue weighted by Crippen LogP contribution is 2.18. The Hall–Kier alpha value is -2.73. The van der Waals surface area contributed by atoms with Crippen LogP contribution in [0, 0.1) is 0 Å². The molecule has 0 bridgehead atoms. The largest absolute Gasteiger partial charge is 0.376 e. The molecule has 1 atom stereocenters. The predicted octanol–water partition coefficient (Wildman–Crippen LogP) is 2.94. The number of carbonyl (C=O) groups excluding carboxylic acids is 2. The quantitative estimate of drug-likeness (QED) is 0.791. The van der Waals surface area contributed by atoms with Crippen molar-refractivity contribution in [3.8, 4) is 0 Å². The molecule has 1 aliphatic heterocycles. The molecule has 1 fully saturated rings. The van der Waals surface area contributed by atoms with E-state index in [0.717, 1.165) is 25.1 Å². The summed E-state index contributed by atoms with van der Waals surface area (Å²) in [5, 5.41) is 6.05. The van der Waals surface area contributed by atoms with E-state index in [1.807, 2.05) is 12.1 Å². The van der Waals surface area contributed by atoms with Gasteiger partial charge in [-0.25, -0.2) is 0 Å². The molecule has 0 saturated carbocycles. The van der Waals surface area contributed by atoms with Crippen LogP contribution in [0.4, 0.5) is 11.4 Å².